The van der Waals surface area contributed by atoms with E-state index in [4.69, 9.17) is 9.84 Å². The molecule has 2 aromatic carbocycles. The number of benzene rings is 2. The molecule has 1 heterocycles. The molecule has 3 rings (SSSR count). The summed E-state index contributed by atoms with van der Waals surface area (Å²) >= 11 is 0. The minimum absolute atomic E-state index is 0.0935. The van der Waals surface area contributed by atoms with Crippen LogP contribution in [0.3, 0.4) is 0 Å². The summed E-state index contributed by atoms with van der Waals surface area (Å²) in [7, 11) is 0.440. The number of carbonyl (C=O) groups excluding carboxylic acids is 2. The first kappa shape index (κ1) is 25.9. The molecule has 1 aromatic heterocycles. The SMILES string of the molecule is COc1ccccc1C(=O)N/C(=C\c1cn(S(=O)(=O)N(C)C)c2ccccc12)C(=O)NCCCO. The average Bonchev–Trinajstić information content (AvgIpc) is 3.22. The van der Waals surface area contributed by atoms with Gasteiger partial charge < -0.3 is 20.5 Å². The molecule has 3 aromatic rings. The van der Waals surface area contributed by atoms with Gasteiger partial charge in [-0.15, -0.1) is 0 Å². The van der Waals surface area contributed by atoms with Crippen molar-refractivity contribution in [2.45, 2.75) is 6.42 Å². The van der Waals surface area contributed by atoms with Gasteiger partial charge in [0.25, 0.3) is 11.8 Å². The first-order chi connectivity index (χ1) is 16.7. The number of rotatable bonds is 10. The molecule has 0 saturated heterocycles. The van der Waals surface area contributed by atoms with E-state index in [1.54, 1.807) is 48.5 Å². The third kappa shape index (κ3) is 5.70. The maximum absolute atomic E-state index is 13.0. The summed E-state index contributed by atoms with van der Waals surface area (Å²) < 4.78 is 33.2. The lowest BCUT2D eigenvalue weighted by Crippen LogP contribution is -2.35. The van der Waals surface area contributed by atoms with E-state index in [-0.39, 0.29) is 24.4 Å². The number of hydrogen-bond donors (Lipinski definition) is 3. The van der Waals surface area contributed by atoms with Gasteiger partial charge in [-0.1, -0.05) is 30.3 Å². The number of hydrogen-bond acceptors (Lipinski definition) is 6. The van der Waals surface area contributed by atoms with Crippen LogP contribution in [0.15, 0.2) is 60.4 Å². The minimum atomic E-state index is -3.84. The number of nitrogens with zero attached hydrogens (tertiary/aromatic N) is 2. The topological polar surface area (TPSA) is 130 Å². The fourth-order valence-corrected chi connectivity index (χ4v) is 4.38. The number of aliphatic hydroxyl groups is 1. The molecule has 35 heavy (non-hydrogen) atoms. The molecule has 0 atom stereocenters. The summed E-state index contributed by atoms with van der Waals surface area (Å²) in [6, 6.07) is 13.4. The molecule has 2 amide bonds. The Kier molecular flexibility index (Phi) is 8.28. The Hall–Kier alpha value is -3.67. The van der Waals surface area contributed by atoms with Crippen LogP contribution in [0.25, 0.3) is 17.0 Å². The smallest absolute Gasteiger partial charge is 0.307 e. The molecule has 186 valence electrons. The van der Waals surface area contributed by atoms with Crippen LogP contribution >= 0.6 is 0 Å². The van der Waals surface area contributed by atoms with Crippen molar-refractivity contribution in [3.05, 3.63) is 71.6 Å². The second-order valence-corrected chi connectivity index (χ2v) is 9.75. The van der Waals surface area contributed by atoms with Crippen molar-refractivity contribution in [2.75, 3.05) is 34.4 Å². The monoisotopic (exact) mass is 500 g/mol. The molecular formula is C24H28N4O6S. The predicted molar refractivity (Wildman–Crippen MR) is 133 cm³/mol. The summed E-state index contributed by atoms with van der Waals surface area (Å²) in [6.07, 6.45) is 3.15. The number of aromatic nitrogens is 1. The highest BCUT2D eigenvalue weighted by molar-refractivity contribution is 7.87. The Morgan fingerprint density at radius 2 is 1.80 bits per heavy atom. The lowest BCUT2D eigenvalue weighted by Gasteiger charge is -2.13. The van der Waals surface area contributed by atoms with Crippen molar-refractivity contribution >= 4 is 39.0 Å². The van der Waals surface area contributed by atoms with E-state index in [1.165, 1.54) is 33.5 Å². The van der Waals surface area contributed by atoms with Gasteiger partial charge in [-0.25, -0.2) is 3.97 Å². The van der Waals surface area contributed by atoms with Gasteiger partial charge in [0.1, 0.15) is 11.4 Å². The fraction of sp³-hybridized carbons (Fsp3) is 0.250. The number of carbonyl (C=O) groups is 2. The van der Waals surface area contributed by atoms with Crippen molar-refractivity contribution in [1.29, 1.82) is 0 Å². The number of amides is 2. The number of methoxy groups -OCH3 is 1. The summed E-state index contributed by atoms with van der Waals surface area (Å²) in [6.45, 7) is 0.0801. The second-order valence-electron chi connectivity index (χ2n) is 7.73. The molecular weight excluding hydrogens is 472 g/mol. The Labute approximate surface area is 204 Å². The molecule has 0 radical (unpaired) electrons. The molecule has 3 N–H and O–H groups in total. The number of aliphatic hydroxyl groups excluding tert-OH is 1. The highest BCUT2D eigenvalue weighted by atomic mass is 32.2. The van der Waals surface area contributed by atoms with Crippen LogP contribution in [0.1, 0.15) is 22.3 Å². The lowest BCUT2D eigenvalue weighted by atomic mass is 10.1. The number of para-hydroxylation sites is 2. The fourth-order valence-electron chi connectivity index (χ4n) is 3.37. The first-order valence-electron chi connectivity index (χ1n) is 10.8. The van der Waals surface area contributed by atoms with Gasteiger partial charge >= 0.3 is 10.2 Å². The van der Waals surface area contributed by atoms with Crippen LogP contribution < -0.4 is 15.4 Å². The number of nitrogens with one attached hydrogen (secondary N) is 2. The van der Waals surface area contributed by atoms with Crippen LogP contribution in [-0.4, -0.2) is 68.0 Å². The van der Waals surface area contributed by atoms with Crippen molar-refractivity contribution in [1.82, 2.24) is 18.9 Å². The van der Waals surface area contributed by atoms with Crippen molar-refractivity contribution in [3.63, 3.8) is 0 Å². The van der Waals surface area contributed by atoms with E-state index in [0.29, 0.717) is 28.6 Å². The van der Waals surface area contributed by atoms with Crippen LogP contribution in [0.4, 0.5) is 0 Å². The summed E-state index contributed by atoms with van der Waals surface area (Å²) in [4.78, 5) is 26.0. The van der Waals surface area contributed by atoms with Crippen molar-refractivity contribution in [2.24, 2.45) is 0 Å². The van der Waals surface area contributed by atoms with Gasteiger partial charge in [0.05, 0.1) is 18.2 Å². The quantitative estimate of drug-likeness (QED) is 0.286. The molecule has 10 nitrogen and oxygen atoms in total. The predicted octanol–water partition coefficient (Wildman–Crippen LogP) is 1.57. The van der Waals surface area contributed by atoms with Gasteiger partial charge in [-0.05, 0) is 30.7 Å². The zero-order valence-electron chi connectivity index (χ0n) is 19.7. The Bertz CT molecular complexity index is 1360. The van der Waals surface area contributed by atoms with Crippen LogP contribution in [0, 0.1) is 0 Å². The second kappa shape index (κ2) is 11.2. The summed E-state index contributed by atoms with van der Waals surface area (Å²) in [5.41, 5.74) is 0.966. The molecule has 0 bridgehead atoms. The van der Waals surface area contributed by atoms with Gasteiger partial charge in [-0.2, -0.15) is 12.7 Å². The normalized spacial score (nSPS) is 12.1. The average molecular weight is 501 g/mol. The van der Waals surface area contributed by atoms with Crippen molar-refractivity contribution < 1.29 is 27.9 Å². The summed E-state index contributed by atoms with van der Waals surface area (Å²) in [5.74, 6) is -0.830. The molecule has 0 fully saturated rings. The highest BCUT2D eigenvalue weighted by Gasteiger charge is 2.22. The van der Waals surface area contributed by atoms with Gasteiger partial charge in [-0.3, -0.25) is 9.59 Å². The number of fused-ring (bicyclic) bond motifs is 1. The third-order valence-corrected chi connectivity index (χ3v) is 6.91. The molecule has 0 saturated carbocycles. The zero-order chi connectivity index (χ0) is 25.6. The minimum Gasteiger partial charge on any atom is -0.496 e. The molecule has 11 heteroatoms. The van der Waals surface area contributed by atoms with E-state index in [0.717, 1.165) is 8.28 Å². The van der Waals surface area contributed by atoms with Crippen LogP contribution in [-0.2, 0) is 15.0 Å². The van der Waals surface area contributed by atoms with Crippen LogP contribution in [0.5, 0.6) is 5.75 Å². The molecule has 0 unspecified atom stereocenters. The van der Waals surface area contributed by atoms with E-state index in [2.05, 4.69) is 10.6 Å². The highest BCUT2D eigenvalue weighted by Crippen LogP contribution is 2.26. The number of ether oxygens (including phenoxy) is 1. The van der Waals surface area contributed by atoms with Gasteiger partial charge in [0.2, 0.25) is 0 Å². The Morgan fingerprint density at radius 1 is 1.11 bits per heavy atom. The van der Waals surface area contributed by atoms with Crippen molar-refractivity contribution in [3.8, 4) is 5.75 Å². The van der Waals surface area contributed by atoms with E-state index in [9.17, 15) is 18.0 Å². The van der Waals surface area contributed by atoms with Gasteiger partial charge in [0, 0.05) is 44.4 Å². The Morgan fingerprint density at radius 3 is 2.49 bits per heavy atom. The molecule has 0 aliphatic carbocycles. The maximum atomic E-state index is 13.0. The standard InChI is InChI=1S/C24H28N4O6S/c1-27(2)35(32,33)28-16-17(18-9-4-6-11-21(18)28)15-20(24(31)25-13-8-14-29)26-23(30)19-10-5-7-12-22(19)34-3/h4-7,9-12,15-16,29H,8,13-14H2,1-3H3,(H,25,31)(H,26,30)/b20-15-. The zero-order valence-corrected chi connectivity index (χ0v) is 20.5. The van der Waals surface area contributed by atoms with Gasteiger partial charge in [0.15, 0.2) is 0 Å². The lowest BCUT2D eigenvalue weighted by molar-refractivity contribution is -0.117. The molecule has 0 spiro atoms. The summed E-state index contributed by atoms with van der Waals surface area (Å²) in [5, 5.41) is 14.9. The molecule has 0 aliphatic rings. The van der Waals surface area contributed by atoms with Crippen LogP contribution in [0.2, 0.25) is 0 Å². The Balaban J connectivity index is 2.10. The van der Waals surface area contributed by atoms with E-state index >= 15 is 0 Å². The first-order valence-corrected chi connectivity index (χ1v) is 12.2. The molecule has 0 aliphatic heterocycles. The largest absolute Gasteiger partial charge is 0.496 e. The van der Waals surface area contributed by atoms with E-state index in [1.807, 2.05) is 0 Å². The third-order valence-electron chi connectivity index (χ3n) is 5.18. The van der Waals surface area contributed by atoms with E-state index < -0.39 is 22.0 Å². The maximum Gasteiger partial charge on any atom is 0.307 e.